The third-order valence-electron chi connectivity index (χ3n) is 1.90. The van der Waals surface area contributed by atoms with Crippen molar-refractivity contribution in [3.05, 3.63) is 29.6 Å². The summed E-state index contributed by atoms with van der Waals surface area (Å²) < 4.78 is 4.53. The summed E-state index contributed by atoms with van der Waals surface area (Å²) in [6, 6.07) is 5.17. The van der Waals surface area contributed by atoms with Gasteiger partial charge < -0.3 is 10.5 Å². The van der Waals surface area contributed by atoms with Crippen LogP contribution in [0.4, 0.5) is 0 Å². The molecule has 0 fully saturated rings. The Hall–Kier alpha value is -1.42. The van der Waals surface area contributed by atoms with Crippen molar-refractivity contribution in [2.75, 3.05) is 7.11 Å². The van der Waals surface area contributed by atoms with Crippen molar-refractivity contribution in [2.24, 2.45) is 5.73 Å². The first-order valence-electron chi connectivity index (χ1n) is 4.39. The van der Waals surface area contributed by atoms with Crippen LogP contribution in [-0.4, -0.2) is 18.1 Å². The average molecular weight is 194 g/mol. The fourth-order valence-electron chi connectivity index (χ4n) is 1.14. The summed E-state index contributed by atoms with van der Waals surface area (Å²) in [5.74, 6) is -0.319. The largest absolute Gasteiger partial charge is 0.469 e. The minimum absolute atomic E-state index is 0.160. The number of ether oxygens (including phenoxy) is 1. The third-order valence-corrected chi connectivity index (χ3v) is 1.90. The van der Waals surface area contributed by atoms with E-state index in [4.69, 9.17) is 5.73 Å². The first-order valence-corrected chi connectivity index (χ1v) is 4.39. The third kappa shape index (κ3) is 2.81. The van der Waals surface area contributed by atoms with Gasteiger partial charge in [0, 0.05) is 5.69 Å². The smallest absolute Gasteiger partial charge is 0.307 e. The lowest BCUT2D eigenvalue weighted by atomic mass is 10.1. The number of nitrogens with two attached hydrogens (primary N) is 1. The molecule has 1 atom stereocenters. The zero-order valence-corrected chi connectivity index (χ0v) is 8.36. The molecular weight excluding hydrogens is 180 g/mol. The van der Waals surface area contributed by atoms with E-state index in [1.807, 2.05) is 19.1 Å². The summed E-state index contributed by atoms with van der Waals surface area (Å²) in [7, 11) is 1.35. The van der Waals surface area contributed by atoms with Crippen LogP contribution < -0.4 is 5.73 Å². The van der Waals surface area contributed by atoms with Gasteiger partial charge in [-0.05, 0) is 19.1 Å². The second-order valence-electron chi connectivity index (χ2n) is 3.09. The monoisotopic (exact) mass is 194 g/mol. The zero-order valence-electron chi connectivity index (χ0n) is 8.36. The van der Waals surface area contributed by atoms with E-state index < -0.39 is 0 Å². The van der Waals surface area contributed by atoms with E-state index in [1.54, 1.807) is 6.07 Å². The standard InChI is InChI=1S/C10H14N2O2/c1-7-4-3-5-9(12-7)8(11)6-10(13)14-2/h3-5,8H,6,11H2,1-2H3/t8-/m0/s1. The van der Waals surface area contributed by atoms with Crippen LogP contribution in [0.25, 0.3) is 0 Å². The molecule has 0 aliphatic carbocycles. The van der Waals surface area contributed by atoms with Crippen LogP contribution in [0, 0.1) is 6.92 Å². The number of hydrogen-bond donors (Lipinski definition) is 1. The van der Waals surface area contributed by atoms with Crippen LogP contribution in [0.5, 0.6) is 0 Å². The van der Waals surface area contributed by atoms with Gasteiger partial charge in [-0.2, -0.15) is 0 Å². The van der Waals surface area contributed by atoms with Gasteiger partial charge in [0.05, 0.1) is 25.3 Å². The van der Waals surface area contributed by atoms with Crippen LogP contribution in [0.2, 0.25) is 0 Å². The molecule has 76 valence electrons. The molecular formula is C10H14N2O2. The van der Waals surface area contributed by atoms with Gasteiger partial charge in [0.2, 0.25) is 0 Å². The molecule has 4 heteroatoms. The molecule has 1 aromatic rings. The minimum atomic E-state index is -0.387. The van der Waals surface area contributed by atoms with Gasteiger partial charge in [-0.15, -0.1) is 0 Å². The number of carbonyl (C=O) groups excluding carboxylic acids is 1. The SMILES string of the molecule is COC(=O)C[C@H](N)c1cccc(C)n1. The number of esters is 1. The van der Waals surface area contributed by atoms with Crippen molar-refractivity contribution in [1.29, 1.82) is 0 Å². The van der Waals surface area contributed by atoms with E-state index in [2.05, 4.69) is 9.72 Å². The average Bonchev–Trinajstić information content (AvgIpc) is 2.17. The summed E-state index contributed by atoms with van der Waals surface area (Å²) in [4.78, 5) is 15.2. The number of methoxy groups -OCH3 is 1. The molecule has 1 aromatic heterocycles. The van der Waals surface area contributed by atoms with E-state index >= 15 is 0 Å². The van der Waals surface area contributed by atoms with Crippen LogP contribution in [0.3, 0.4) is 0 Å². The Morgan fingerprint density at radius 2 is 2.36 bits per heavy atom. The molecule has 0 aliphatic heterocycles. The highest BCUT2D eigenvalue weighted by molar-refractivity contribution is 5.70. The van der Waals surface area contributed by atoms with Crippen molar-refractivity contribution in [3.8, 4) is 0 Å². The van der Waals surface area contributed by atoms with Gasteiger partial charge in [-0.3, -0.25) is 9.78 Å². The van der Waals surface area contributed by atoms with Gasteiger partial charge in [-0.25, -0.2) is 0 Å². The molecule has 4 nitrogen and oxygen atoms in total. The Balaban J connectivity index is 2.69. The zero-order chi connectivity index (χ0) is 10.6. The summed E-state index contributed by atoms with van der Waals surface area (Å²) in [5, 5.41) is 0. The number of nitrogens with zero attached hydrogens (tertiary/aromatic N) is 1. The number of carbonyl (C=O) groups is 1. The predicted octanol–water partition coefficient (Wildman–Crippen LogP) is 0.953. The maximum atomic E-state index is 11.0. The summed E-state index contributed by atoms with van der Waals surface area (Å²) in [5.41, 5.74) is 7.39. The topological polar surface area (TPSA) is 65.2 Å². The molecule has 0 aliphatic rings. The Bertz CT molecular complexity index is 326. The molecule has 0 bridgehead atoms. The van der Waals surface area contributed by atoms with Crippen molar-refractivity contribution in [2.45, 2.75) is 19.4 Å². The first-order chi connectivity index (χ1) is 6.63. The Morgan fingerprint density at radius 3 is 2.93 bits per heavy atom. The lowest BCUT2D eigenvalue weighted by Gasteiger charge is -2.09. The van der Waals surface area contributed by atoms with Crippen molar-refractivity contribution in [1.82, 2.24) is 4.98 Å². The van der Waals surface area contributed by atoms with Crippen LogP contribution in [0.1, 0.15) is 23.9 Å². The molecule has 14 heavy (non-hydrogen) atoms. The second-order valence-corrected chi connectivity index (χ2v) is 3.09. The van der Waals surface area contributed by atoms with E-state index in [0.717, 1.165) is 11.4 Å². The van der Waals surface area contributed by atoms with E-state index in [-0.39, 0.29) is 18.4 Å². The minimum Gasteiger partial charge on any atom is -0.469 e. The molecule has 0 unspecified atom stereocenters. The highest BCUT2D eigenvalue weighted by Gasteiger charge is 2.12. The number of aryl methyl sites for hydroxylation is 1. The fraction of sp³-hybridized carbons (Fsp3) is 0.400. The van der Waals surface area contributed by atoms with Gasteiger partial charge >= 0.3 is 5.97 Å². The van der Waals surface area contributed by atoms with Crippen molar-refractivity contribution in [3.63, 3.8) is 0 Å². The van der Waals surface area contributed by atoms with E-state index in [9.17, 15) is 4.79 Å². The Kier molecular flexibility index (Phi) is 3.59. The normalized spacial score (nSPS) is 12.2. The second kappa shape index (κ2) is 4.72. The molecule has 1 rings (SSSR count). The van der Waals surface area contributed by atoms with Crippen LogP contribution >= 0.6 is 0 Å². The quantitative estimate of drug-likeness (QED) is 0.727. The summed E-state index contributed by atoms with van der Waals surface area (Å²) in [6.07, 6.45) is 0.160. The number of rotatable bonds is 3. The van der Waals surface area contributed by atoms with Crippen molar-refractivity contribution >= 4 is 5.97 Å². The Labute approximate surface area is 83.1 Å². The molecule has 0 saturated heterocycles. The molecule has 2 N–H and O–H groups in total. The predicted molar refractivity (Wildman–Crippen MR) is 52.5 cm³/mol. The molecule has 1 heterocycles. The van der Waals surface area contributed by atoms with Gasteiger partial charge in [0.1, 0.15) is 0 Å². The first kappa shape index (κ1) is 10.7. The molecule has 0 aromatic carbocycles. The van der Waals surface area contributed by atoms with Gasteiger partial charge in [-0.1, -0.05) is 6.07 Å². The highest BCUT2D eigenvalue weighted by atomic mass is 16.5. The lowest BCUT2D eigenvalue weighted by molar-refractivity contribution is -0.141. The summed E-state index contributed by atoms with van der Waals surface area (Å²) >= 11 is 0. The molecule has 0 spiro atoms. The number of hydrogen-bond acceptors (Lipinski definition) is 4. The van der Waals surface area contributed by atoms with Gasteiger partial charge in [0.15, 0.2) is 0 Å². The van der Waals surface area contributed by atoms with Crippen molar-refractivity contribution < 1.29 is 9.53 Å². The summed E-state index contributed by atoms with van der Waals surface area (Å²) in [6.45, 7) is 1.88. The van der Waals surface area contributed by atoms with E-state index in [1.165, 1.54) is 7.11 Å². The van der Waals surface area contributed by atoms with E-state index in [0.29, 0.717) is 0 Å². The maximum absolute atomic E-state index is 11.0. The van der Waals surface area contributed by atoms with Crippen LogP contribution in [0.15, 0.2) is 18.2 Å². The molecule has 0 amide bonds. The Morgan fingerprint density at radius 1 is 1.64 bits per heavy atom. The fourth-order valence-corrected chi connectivity index (χ4v) is 1.14. The van der Waals surface area contributed by atoms with Crippen LogP contribution in [-0.2, 0) is 9.53 Å². The number of aromatic nitrogens is 1. The van der Waals surface area contributed by atoms with Gasteiger partial charge in [0.25, 0.3) is 0 Å². The highest BCUT2D eigenvalue weighted by Crippen LogP contribution is 2.11. The molecule has 0 radical (unpaired) electrons. The molecule has 0 saturated carbocycles. The number of pyridine rings is 1. The maximum Gasteiger partial charge on any atom is 0.307 e. The lowest BCUT2D eigenvalue weighted by Crippen LogP contribution is -2.17.